The van der Waals surface area contributed by atoms with Crippen LogP contribution in [0.4, 0.5) is 5.69 Å². The highest BCUT2D eigenvalue weighted by Gasteiger charge is 2.13. The molecule has 0 amide bonds. The number of aryl methyl sites for hydroxylation is 1. The predicted molar refractivity (Wildman–Crippen MR) is 71.9 cm³/mol. The smallest absolute Gasteiger partial charge is 0.182 e. The van der Waals surface area contributed by atoms with E-state index in [1.807, 2.05) is 29.8 Å². The third-order valence-electron chi connectivity index (χ3n) is 3.20. The fourth-order valence-corrected chi connectivity index (χ4v) is 1.88. The van der Waals surface area contributed by atoms with Crippen molar-refractivity contribution in [3.63, 3.8) is 0 Å². The normalized spacial score (nSPS) is 12.6. The summed E-state index contributed by atoms with van der Waals surface area (Å²) in [5, 5.41) is 12.0. The second-order valence-electron chi connectivity index (χ2n) is 4.77. The zero-order valence-corrected chi connectivity index (χ0v) is 11.1. The van der Waals surface area contributed by atoms with E-state index in [9.17, 15) is 0 Å². The molecule has 0 aliphatic heterocycles. The topological polar surface area (TPSA) is 69.6 Å². The lowest BCUT2D eigenvalue weighted by molar-refractivity contribution is 0.434. The summed E-state index contributed by atoms with van der Waals surface area (Å²) in [5.41, 5.74) is 8.66. The van der Waals surface area contributed by atoms with E-state index in [-0.39, 0.29) is 0 Å². The van der Waals surface area contributed by atoms with Crippen molar-refractivity contribution >= 4 is 5.69 Å². The minimum atomic E-state index is 0.557. The Morgan fingerprint density at radius 3 is 2.83 bits per heavy atom. The van der Waals surface area contributed by atoms with Crippen LogP contribution in [0.5, 0.6) is 0 Å². The van der Waals surface area contributed by atoms with E-state index >= 15 is 0 Å². The standard InChI is InChI=1S/C13H19N5/c1-4-9(2)8-18-13(15-16-17-18)12-6-5-11(14)7-10(12)3/h5-7,9H,4,8,14H2,1-3H3. The molecule has 0 aliphatic rings. The van der Waals surface area contributed by atoms with Crippen LogP contribution in [-0.2, 0) is 6.54 Å². The highest BCUT2D eigenvalue weighted by molar-refractivity contribution is 5.63. The molecule has 1 aromatic carbocycles. The van der Waals surface area contributed by atoms with Gasteiger partial charge < -0.3 is 5.73 Å². The van der Waals surface area contributed by atoms with Gasteiger partial charge in [-0.1, -0.05) is 20.3 Å². The zero-order valence-electron chi connectivity index (χ0n) is 11.1. The van der Waals surface area contributed by atoms with E-state index in [0.29, 0.717) is 5.92 Å². The van der Waals surface area contributed by atoms with Crippen molar-refractivity contribution in [2.24, 2.45) is 5.92 Å². The fourth-order valence-electron chi connectivity index (χ4n) is 1.88. The fraction of sp³-hybridized carbons (Fsp3) is 0.462. The van der Waals surface area contributed by atoms with Crippen LogP contribution in [0.3, 0.4) is 0 Å². The molecular formula is C13H19N5. The number of hydrogen-bond acceptors (Lipinski definition) is 4. The number of nitrogens with two attached hydrogens (primary N) is 1. The SMILES string of the molecule is CCC(C)Cn1nnnc1-c1ccc(N)cc1C. The molecule has 0 radical (unpaired) electrons. The molecular weight excluding hydrogens is 226 g/mol. The molecule has 18 heavy (non-hydrogen) atoms. The number of aromatic nitrogens is 4. The molecule has 1 aromatic heterocycles. The van der Waals surface area contributed by atoms with Gasteiger partial charge in [0.1, 0.15) is 0 Å². The third-order valence-corrected chi connectivity index (χ3v) is 3.20. The van der Waals surface area contributed by atoms with Gasteiger partial charge in [0, 0.05) is 17.8 Å². The monoisotopic (exact) mass is 245 g/mol. The van der Waals surface area contributed by atoms with Crippen LogP contribution in [0, 0.1) is 12.8 Å². The lowest BCUT2D eigenvalue weighted by Crippen LogP contribution is -2.10. The van der Waals surface area contributed by atoms with Gasteiger partial charge in [0.05, 0.1) is 0 Å². The largest absolute Gasteiger partial charge is 0.399 e. The van der Waals surface area contributed by atoms with Crippen LogP contribution >= 0.6 is 0 Å². The van der Waals surface area contributed by atoms with Crippen molar-refractivity contribution in [1.82, 2.24) is 20.2 Å². The number of tetrazole rings is 1. The lowest BCUT2D eigenvalue weighted by atomic mass is 10.1. The highest BCUT2D eigenvalue weighted by Crippen LogP contribution is 2.23. The number of nitrogen functional groups attached to an aromatic ring is 1. The van der Waals surface area contributed by atoms with Gasteiger partial charge in [-0.2, -0.15) is 0 Å². The van der Waals surface area contributed by atoms with Crippen molar-refractivity contribution in [2.45, 2.75) is 33.7 Å². The van der Waals surface area contributed by atoms with Gasteiger partial charge in [-0.15, -0.1) is 5.10 Å². The Hall–Kier alpha value is -1.91. The minimum Gasteiger partial charge on any atom is -0.399 e. The highest BCUT2D eigenvalue weighted by atomic mass is 15.5. The molecule has 96 valence electrons. The van der Waals surface area contributed by atoms with Gasteiger partial charge in [-0.3, -0.25) is 0 Å². The number of rotatable bonds is 4. The molecule has 0 saturated carbocycles. The van der Waals surface area contributed by atoms with Crippen LogP contribution in [0.2, 0.25) is 0 Å². The summed E-state index contributed by atoms with van der Waals surface area (Å²) in [7, 11) is 0. The summed E-state index contributed by atoms with van der Waals surface area (Å²) >= 11 is 0. The molecule has 0 spiro atoms. The zero-order chi connectivity index (χ0) is 13.1. The maximum Gasteiger partial charge on any atom is 0.182 e. The first-order chi connectivity index (χ1) is 8.61. The van der Waals surface area contributed by atoms with E-state index in [4.69, 9.17) is 5.73 Å². The Kier molecular flexibility index (Phi) is 3.60. The Bertz CT molecular complexity index is 532. The number of hydrogen-bond donors (Lipinski definition) is 1. The van der Waals surface area contributed by atoms with E-state index in [2.05, 4.69) is 29.4 Å². The van der Waals surface area contributed by atoms with Crippen molar-refractivity contribution in [3.05, 3.63) is 23.8 Å². The Labute approximate surface area is 107 Å². The molecule has 1 atom stereocenters. The van der Waals surface area contributed by atoms with Crippen LogP contribution < -0.4 is 5.73 Å². The maximum absolute atomic E-state index is 5.76. The van der Waals surface area contributed by atoms with E-state index in [1.165, 1.54) is 0 Å². The molecule has 2 rings (SSSR count). The molecule has 5 nitrogen and oxygen atoms in total. The second kappa shape index (κ2) is 5.16. The van der Waals surface area contributed by atoms with Gasteiger partial charge in [-0.25, -0.2) is 4.68 Å². The van der Waals surface area contributed by atoms with Crippen LogP contribution in [-0.4, -0.2) is 20.2 Å². The van der Waals surface area contributed by atoms with Crippen molar-refractivity contribution in [2.75, 3.05) is 5.73 Å². The van der Waals surface area contributed by atoms with E-state index < -0.39 is 0 Å². The van der Waals surface area contributed by atoms with Crippen molar-refractivity contribution in [1.29, 1.82) is 0 Å². The summed E-state index contributed by atoms with van der Waals surface area (Å²) in [5.74, 6) is 1.37. The molecule has 1 heterocycles. The summed E-state index contributed by atoms with van der Waals surface area (Å²) in [6.07, 6.45) is 1.11. The van der Waals surface area contributed by atoms with Crippen LogP contribution in [0.1, 0.15) is 25.8 Å². The van der Waals surface area contributed by atoms with Crippen LogP contribution in [0.25, 0.3) is 11.4 Å². The Morgan fingerprint density at radius 2 is 2.17 bits per heavy atom. The summed E-state index contributed by atoms with van der Waals surface area (Å²) < 4.78 is 1.87. The van der Waals surface area contributed by atoms with Gasteiger partial charge in [-0.05, 0) is 47.0 Å². The van der Waals surface area contributed by atoms with Crippen LogP contribution in [0.15, 0.2) is 18.2 Å². The first-order valence-electron chi connectivity index (χ1n) is 6.24. The molecule has 2 N–H and O–H groups in total. The third kappa shape index (κ3) is 2.50. The molecule has 0 aliphatic carbocycles. The van der Waals surface area contributed by atoms with E-state index in [1.54, 1.807) is 0 Å². The number of benzene rings is 1. The summed E-state index contributed by atoms with van der Waals surface area (Å²) in [4.78, 5) is 0. The minimum absolute atomic E-state index is 0.557. The molecule has 5 heteroatoms. The van der Waals surface area contributed by atoms with Gasteiger partial charge in [0.2, 0.25) is 0 Å². The van der Waals surface area contributed by atoms with Crippen molar-refractivity contribution < 1.29 is 0 Å². The molecule has 0 bridgehead atoms. The van der Waals surface area contributed by atoms with Gasteiger partial charge in [0.15, 0.2) is 5.82 Å². The summed E-state index contributed by atoms with van der Waals surface area (Å²) in [6, 6.07) is 5.80. The maximum atomic E-state index is 5.76. The number of nitrogens with zero attached hydrogens (tertiary/aromatic N) is 4. The molecule has 1 unspecified atom stereocenters. The van der Waals surface area contributed by atoms with Crippen molar-refractivity contribution in [3.8, 4) is 11.4 Å². The summed E-state index contributed by atoms with van der Waals surface area (Å²) in [6.45, 7) is 7.22. The average molecular weight is 245 g/mol. The van der Waals surface area contributed by atoms with Gasteiger partial charge in [0.25, 0.3) is 0 Å². The Balaban J connectivity index is 2.36. The van der Waals surface area contributed by atoms with E-state index in [0.717, 1.165) is 35.6 Å². The molecule has 0 saturated heterocycles. The second-order valence-corrected chi connectivity index (χ2v) is 4.77. The van der Waals surface area contributed by atoms with Gasteiger partial charge >= 0.3 is 0 Å². The average Bonchev–Trinajstić information content (AvgIpc) is 2.77. The quantitative estimate of drug-likeness (QED) is 0.839. The Morgan fingerprint density at radius 1 is 1.39 bits per heavy atom. The first-order valence-corrected chi connectivity index (χ1v) is 6.24. The first kappa shape index (κ1) is 12.5. The predicted octanol–water partition coefficient (Wildman–Crippen LogP) is 2.28. The molecule has 0 fully saturated rings. The molecule has 2 aromatic rings. The lowest BCUT2D eigenvalue weighted by Gasteiger charge is -2.11. The number of anilines is 1.